The van der Waals surface area contributed by atoms with Crippen molar-refractivity contribution in [3.05, 3.63) is 101 Å². The fourth-order valence-corrected chi connectivity index (χ4v) is 4.12. The van der Waals surface area contributed by atoms with E-state index in [4.69, 9.17) is 0 Å². The summed E-state index contributed by atoms with van der Waals surface area (Å²) in [6.45, 7) is 1.98. The molecule has 28 heavy (non-hydrogen) atoms. The number of ether oxygens (including phenoxy) is 1. The fraction of sp³-hybridized carbons (Fsp3) is 0.136. The van der Waals surface area contributed by atoms with Crippen LogP contribution < -0.4 is 4.72 Å². The maximum atomic E-state index is 13.1. The topological polar surface area (TPSA) is 72.5 Å². The van der Waals surface area contributed by atoms with E-state index in [0.717, 1.165) is 16.7 Å². The van der Waals surface area contributed by atoms with Gasteiger partial charge in [0.1, 0.15) is 0 Å². The highest BCUT2D eigenvalue weighted by Crippen LogP contribution is 2.25. The van der Waals surface area contributed by atoms with Gasteiger partial charge in [-0.2, -0.15) is 4.72 Å². The second kappa shape index (κ2) is 8.37. The second-order valence-electron chi connectivity index (χ2n) is 6.40. The predicted octanol–water partition coefficient (Wildman–Crippen LogP) is 3.85. The molecule has 0 aliphatic heterocycles. The number of nitrogens with one attached hydrogen (secondary N) is 1. The van der Waals surface area contributed by atoms with Crippen LogP contribution in [0.2, 0.25) is 0 Å². The second-order valence-corrected chi connectivity index (χ2v) is 8.11. The van der Waals surface area contributed by atoms with Crippen molar-refractivity contribution >= 4 is 16.0 Å². The lowest BCUT2D eigenvalue weighted by atomic mass is 9.99. The van der Waals surface area contributed by atoms with Gasteiger partial charge in [-0.1, -0.05) is 66.2 Å². The number of esters is 1. The van der Waals surface area contributed by atoms with Crippen molar-refractivity contribution in [3.63, 3.8) is 0 Å². The van der Waals surface area contributed by atoms with Crippen molar-refractivity contribution in [2.45, 2.75) is 17.9 Å². The Bertz CT molecular complexity index is 1060. The molecule has 0 amide bonds. The molecular formula is C22H21NO4S. The number of benzene rings is 3. The van der Waals surface area contributed by atoms with Crippen LogP contribution in [0.4, 0.5) is 0 Å². The third-order valence-corrected chi connectivity index (χ3v) is 5.80. The zero-order valence-corrected chi connectivity index (χ0v) is 16.4. The third kappa shape index (κ3) is 4.47. The Morgan fingerprint density at radius 1 is 0.893 bits per heavy atom. The van der Waals surface area contributed by atoms with E-state index in [2.05, 4.69) is 9.46 Å². The Balaban J connectivity index is 2.00. The smallest absolute Gasteiger partial charge is 0.337 e. The predicted molar refractivity (Wildman–Crippen MR) is 108 cm³/mol. The number of carbonyl (C=O) groups excluding carboxylic acids is 1. The molecule has 0 bridgehead atoms. The number of hydrogen-bond acceptors (Lipinski definition) is 4. The molecule has 3 rings (SSSR count). The van der Waals surface area contributed by atoms with Gasteiger partial charge < -0.3 is 4.74 Å². The van der Waals surface area contributed by atoms with Crippen LogP contribution in [0.25, 0.3) is 0 Å². The zero-order valence-electron chi connectivity index (χ0n) is 15.6. The highest BCUT2D eigenvalue weighted by Gasteiger charge is 2.23. The molecule has 6 heteroatoms. The van der Waals surface area contributed by atoms with Gasteiger partial charge in [0.05, 0.1) is 23.6 Å². The average molecular weight is 395 g/mol. The normalized spacial score (nSPS) is 12.4. The van der Waals surface area contributed by atoms with Crippen molar-refractivity contribution in [1.29, 1.82) is 0 Å². The van der Waals surface area contributed by atoms with E-state index >= 15 is 0 Å². The molecule has 0 aromatic heterocycles. The van der Waals surface area contributed by atoms with E-state index in [9.17, 15) is 13.2 Å². The number of carbonyl (C=O) groups is 1. The lowest BCUT2D eigenvalue weighted by Crippen LogP contribution is -2.29. The molecule has 3 aromatic rings. The minimum Gasteiger partial charge on any atom is -0.465 e. The van der Waals surface area contributed by atoms with Crippen molar-refractivity contribution in [2.75, 3.05) is 7.11 Å². The van der Waals surface area contributed by atoms with Crippen LogP contribution in [-0.4, -0.2) is 21.5 Å². The highest BCUT2D eigenvalue weighted by atomic mass is 32.2. The lowest BCUT2D eigenvalue weighted by Gasteiger charge is -2.20. The van der Waals surface area contributed by atoms with Crippen molar-refractivity contribution in [1.82, 2.24) is 4.72 Å². The molecular weight excluding hydrogens is 374 g/mol. The Morgan fingerprint density at radius 3 is 2.18 bits per heavy atom. The van der Waals surface area contributed by atoms with Crippen molar-refractivity contribution in [2.24, 2.45) is 0 Å². The molecule has 0 aliphatic carbocycles. The van der Waals surface area contributed by atoms with Gasteiger partial charge in [0.25, 0.3) is 0 Å². The largest absolute Gasteiger partial charge is 0.465 e. The van der Waals surface area contributed by atoms with Gasteiger partial charge in [0, 0.05) is 0 Å². The van der Waals surface area contributed by atoms with E-state index in [1.54, 1.807) is 0 Å². The quantitative estimate of drug-likeness (QED) is 0.644. The summed E-state index contributed by atoms with van der Waals surface area (Å²) < 4.78 is 33.6. The van der Waals surface area contributed by atoms with E-state index in [-0.39, 0.29) is 10.5 Å². The maximum absolute atomic E-state index is 13.1. The van der Waals surface area contributed by atoms with Crippen LogP contribution in [0.3, 0.4) is 0 Å². The maximum Gasteiger partial charge on any atom is 0.337 e. The third-order valence-electron chi connectivity index (χ3n) is 4.38. The molecule has 0 heterocycles. The van der Waals surface area contributed by atoms with Crippen molar-refractivity contribution < 1.29 is 17.9 Å². The fourth-order valence-electron chi connectivity index (χ4n) is 2.86. The molecule has 1 atom stereocenters. The van der Waals surface area contributed by atoms with E-state index in [1.807, 2.05) is 61.5 Å². The molecule has 5 nitrogen and oxygen atoms in total. The first-order chi connectivity index (χ1) is 13.4. The average Bonchev–Trinajstić information content (AvgIpc) is 2.73. The van der Waals surface area contributed by atoms with Crippen LogP contribution in [0.5, 0.6) is 0 Å². The molecule has 0 fully saturated rings. The molecule has 0 radical (unpaired) electrons. The summed E-state index contributed by atoms with van der Waals surface area (Å²) in [5.74, 6) is -0.588. The number of rotatable bonds is 6. The summed E-state index contributed by atoms with van der Waals surface area (Å²) in [5, 5.41) is 0. The number of sulfonamides is 1. The molecule has 0 saturated heterocycles. The van der Waals surface area contributed by atoms with Crippen LogP contribution in [0, 0.1) is 6.92 Å². The minimum atomic E-state index is -3.89. The first-order valence-corrected chi connectivity index (χ1v) is 10.2. The monoisotopic (exact) mass is 395 g/mol. The van der Waals surface area contributed by atoms with Gasteiger partial charge in [0.2, 0.25) is 10.0 Å². The van der Waals surface area contributed by atoms with Crippen LogP contribution in [0.15, 0.2) is 83.8 Å². The summed E-state index contributed by atoms with van der Waals surface area (Å²) in [7, 11) is -2.63. The molecule has 0 spiro atoms. The Kier molecular flexibility index (Phi) is 5.92. The summed E-state index contributed by atoms with van der Waals surface area (Å²) >= 11 is 0. The first kappa shape index (κ1) is 19.8. The van der Waals surface area contributed by atoms with Gasteiger partial charge in [-0.15, -0.1) is 0 Å². The molecule has 144 valence electrons. The Labute approximate surface area is 165 Å². The van der Waals surface area contributed by atoms with Gasteiger partial charge in [-0.05, 0) is 36.2 Å². The summed E-state index contributed by atoms with van der Waals surface area (Å²) in [6.07, 6.45) is 0. The van der Waals surface area contributed by atoms with Crippen LogP contribution in [-0.2, 0) is 14.8 Å². The minimum absolute atomic E-state index is 0.00319. The van der Waals surface area contributed by atoms with Gasteiger partial charge in [-0.3, -0.25) is 0 Å². The number of aryl methyl sites for hydroxylation is 1. The molecule has 0 aliphatic rings. The molecule has 1 N–H and O–H groups in total. The Hall–Kier alpha value is -2.96. The van der Waals surface area contributed by atoms with E-state index in [0.29, 0.717) is 0 Å². The standard InChI is InChI=1S/C22H21NO4S/c1-16-11-13-18(14-12-16)21(17-7-4-3-5-8-17)23-28(25,26)20-10-6-9-19(15-20)22(24)27-2/h3-15,21,23H,1-2H3. The SMILES string of the molecule is COC(=O)c1cccc(S(=O)(=O)NC(c2ccccc2)c2ccc(C)cc2)c1. The summed E-state index contributed by atoms with van der Waals surface area (Å²) in [4.78, 5) is 11.8. The lowest BCUT2D eigenvalue weighted by molar-refractivity contribution is 0.0600. The molecule has 3 aromatic carbocycles. The van der Waals surface area contributed by atoms with Crippen molar-refractivity contribution in [3.8, 4) is 0 Å². The van der Waals surface area contributed by atoms with Gasteiger partial charge in [0.15, 0.2) is 0 Å². The first-order valence-electron chi connectivity index (χ1n) is 8.73. The van der Waals surface area contributed by atoms with Crippen LogP contribution in [0.1, 0.15) is 33.1 Å². The van der Waals surface area contributed by atoms with Gasteiger partial charge >= 0.3 is 5.97 Å². The van der Waals surface area contributed by atoms with E-state index < -0.39 is 22.0 Å². The van der Waals surface area contributed by atoms with E-state index in [1.165, 1.54) is 31.4 Å². The summed E-state index contributed by atoms with van der Waals surface area (Å²) in [6, 6.07) is 22.3. The number of hydrogen-bond donors (Lipinski definition) is 1. The summed E-state index contributed by atoms with van der Waals surface area (Å²) in [5.41, 5.74) is 2.91. The van der Waals surface area contributed by atoms with Gasteiger partial charge in [-0.25, -0.2) is 13.2 Å². The Morgan fingerprint density at radius 2 is 1.54 bits per heavy atom. The zero-order chi connectivity index (χ0) is 20.1. The molecule has 1 unspecified atom stereocenters. The highest BCUT2D eigenvalue weighted by molar-refractivity contribution is 7.89. The van der Waals surface area contributed by atoms with Crippen LogP contribution >= 0.6 is 0 Å². The number of methoxy groups -OCH3 is 1. The molecule has 0 saturated carbocycles.